The molecule has 160 valence electrons. The van der Waals surface area contributed by atoms with Crippen molar-refractivity contribution >= 4 is 17.8 Å². The van der Waals surface area contributed by atoms with Crippen LogP contribution in [0.15, 0.2) is 54.6 Å². The van der Waals surface area contributed by atoms with E-state index in [1.165, 1.54) is 7.11 Å². The molecule has 30 heavy (non-hydrogen) atoms. The van der Waals surface area contributed by atoms with Crippen LogP contribution in [-0.2, 0) is 14.3 Å². The molecule has 0 fully saturated rings. The second-order valence-corrected chi connectivity index (χ2v) is 7.20. The summed E-state index contributed by atoms with van der Waals surface area (Å²) in [6, 6.07) is 16.2. The van der Waals surface area contributed by atoms with E-state index in [9.17, 15) is 14.4 Å². The normalized spacial score (nSPS) is 11.5. The third kappa shape index (κ3) is 7.24. The van der Waals surface area contributed by atoms with Gasteiger partial charge in [0.2, 0.25) is 0 Å². The van der Waals surface area contributed by atoms with Gasteiger partial charge in [-0.05, 0) is 30.0 Å². The fourth-order valence-electron chi connectivity index (χ4n) is 2.95. The molecule has 7 nitrogen and oxygen atoms in total. The van der Waals surface area contributed by atoms with Crippen LogP contribution in [0, 0.1) is 5.92 Å². The number of para-hydroxylation sites is 1. The second kappa shape index (κ2) is 11.6. The number of carbonyl (C=O) groups is 3. The van der Waals surface area contributed by atoms with Crippen LogP contribution >= 0.6 is 0 Å². The van der Waals surface area contributed by atoms with Crippen molar-refractivity contribution in [3.8, 4) is 5.75 Å². The number of benzene rings is 2. The second-order valence-electron chi connectivity index (χ2n) is 7.20. The van der Waals surface area contributed by atoms with Crippen LogP contribution in [0.3, 0.4) is 0 Å². The van der Waals surface area contributed by atoms with E-state index in [2.05, 4.69) is 24.5 Å². The van der Waals surface area contributed by atoms with Crippen LogP contribution in [0.4, 0.5) is 0 Å². The van der Waals surface area contributed by atoms with Gasteiger partial charge in [-0.25, -0.2) is 0 Å². The molecule has 0 bridgehead atoms. The number of ether oxygens (including phenoxy) is 2. The van der Waals surface area contributed by atoms with Gasteiger partial charge in [-0.2, -0.15) is 0 Å². The molecule has 0 aromatic heterocycles. The Hall–Kier alpha value is -3.35. The van der Waals surface area contributed by atoms with Crippen molar-refractivity contribution < 1.29 is 23.9 Å². The molecule has 1 atom stereocenters. The molecule has 0 saturated carbocycles. The molecule has 7 heteroatoms. The Balaban J connectivity index is 1.82. The van der Waals surface area contributed by atoms with Crippen molar-refractivity contribution in [2.24, 2.45) is 5.92 Å². The predicted molar refractivity (Wildman–Crippen MR) is 113 cm³/mol. The number of nitrogens with one attached hydrogen (secondary N) is 2. The van der Waals surface area contributed by atoms with Crippen LogP contribution in [0.25, 0.3) is 0 Å². The maximum atomic E-state index is 12.3. The summed E-state index contributed by atoms with van der Waals surface area (Å²) >= 11 is 0. The topological polar surface area (TPSA) is 93.7 Å². The van der Waals surface area contributed by atoms with Gasteiger partial charge in [-0.15, -0.1) is 0 Å². The van der Waals surface area contributed by atoms with Gasteiger partial charge in [-0.3, -0.25) is 14.4 Å². The van der Waals surface area contributed by atoms with Gasteiger partial charge >= 0.3 is 5.97 Å². The van der Waals surface area contributed by atoms with Gasteiger partial charge in [0.1, 0.15) is 12.3 Å². The van der Waals surface area contributed by atoms with Crippen LogP contribution in [0.2, 0.25) is 0 Å². The summed E-state index contributed by atoms with van der Waals surface area (Å²) in [4.78, 5) is 36.4. The minimum Gasteiger partial charge on any atom is -0.496 e. The molecule has 0 aliphatic carbocycles. The van der Waals surface area contributed by atoms with E-state index in [1.807, 2.05) is 30.3 Å². The first-order chi connectivity index (χ1) is 14.4. The fourth-order valence-corrected chi connectivity index (χ4v) is 2.95. The highest BCUT2D eigenvalue weighted by atomic mass is 16.5. The number of amides is 2. The maximum Gasteiger partial charge on any atom is 0.325 e. The molecule has 2 N–H and O–H groups in total. The number of hydrogen-bond donors (Lipinski definition) is 2. The van der Waals surface area contributed by atoms with Crippen LogP contribution in [0.1, 0.15) is 42.2 Å². The Morgan fingerprint density at radius 1 is 0.967 bits per heavy atom. The molecule has 0 aliphatic heterocycles. The molecule has 2 aromatic rings. The van der Waals surface area contributed by atoms with Gasteiger partial charge < -0.3 is 20.1 Å². The van der Waals surface area contributed by atoms with E-state index >= 15 is 0 Å². The molecule has 0 radical (unpaired) electrons. The number of methoxy groups -OCH3 is 1. The van der Waals surface area contributed by atoms with Crippen molar-refractivity contribution in [2.75, 3.05) is 20.3 Å². The number of hydrogen-bond acceptors (Lipinski definition) is 5. The molecule has 0 spiro atoms. The molecular weight excluding hydrogens is 384 g/mol. The smallest absolute Gasteiger partial charge is 0.325 e. The van der Waals surface area contributed by atoms with Crippen molar-refractivity contribution in [2.45, 2.75) is 26.3 Å². The van der Waals surface area contributed by atoms with Crippen LogP contribution in [-0.4, -0.2) is 38.0 Å². The van der Waals surface area contributed by atoms with Crippen LogP contribution < -0.4 is 15.4 Å². The lowest BCUT2D eigenvalue weighted by Crippen LogP contribution is -2.35. The zero-order valence-electron chi connectivity index (χ0n) is 17.5. The molecule has 2 aromatic carbocycles. The Morgan fingerprint density at radius 3 is 2.30 bits per heavy atom. The molecule has 0 aliphatic rings. The number of carbonyl (C=O) groups excluding carboxylic acids is 3. The summed E-state index contributed by atoms with van der Waals surface area (Å²) in [5.74, 6) is -0.777. The average molecular weight is 412 g/mol. The third-order valence-electron chi connectivity index (χ3n) is 4.35. The molecule has 2 rings (SSSR count). The minimum atomic E-state index is -0.700. The summed E-state index contributed by atoms with van der Waals surface area (Å²) in [6.45, 7) is 3.39. The van der Waals surface area contributed by atoms with Crippen LogP contribution in [0.5, 0.6) is 5.75 Å². The molecule has 0 unspecified atom stereocenters. The number of rotatable bonds is 10. The Labute approximate surface area is 176 Å². The summed E-state index contributed by atoms with van der Waals surface area (Å²) in [5, 5.41) is 5.37. The van der Waals surface area contributed by atoms with E-state index in [1.54, 1.807) is 24.3 Å². The van der Waals surface area contributed by atoms with Crippen molar-refractivity contribution in [1.29, 1.82) is 0 Å². The van der Waals surface area contributed by atoms with E-state index in [0.717, 1.165) is 12.0 Å². The highest BCUT2D eigenvalue weighted by Gasteiger charge is 2.18. The van der Waals surface area contributed by atoms with Gasteiger partial charge in [-0.1, -0.05) is 56.3 Å². The molecule has 0 heterocycles. The quantitative estimate of drug-likeness (QED) is 0.585. The highest BCUT2D eigenvalue weighted by molar-refractivity contribution is 5.98. The lowest BCUT2D eigenvalue weighted by molar-refractivity contribution is -0.147. The van der Waals surface area contributed by atoms with Gasteiger partial charge in [0, 0.05) is 0 Å². The fraction of sp³-hybridized carbons (Fsp3) is 0.348. The first kappa shape index (κ1) is 22.9. The Kier molecular flexibility index (Phi) is 8.87. The summed E-state index contributed by atoms with van der Waals surface area (Å²) in [5.41, 5.74) is 1.31. The van der Waals surface area contributed by atoms with Crippen molar-refractivity contribution in [1.82, 2.24) is 10.6 Å². The Morgan fingerprint density at radius 2 is 1.63 bits per heavy atom. The zero-order chi connectivity index (χ0) is 21.9. The van der Waals surface area contributed by atoms with Gasteiger partial charge in [0.15, 0.2) is 6.61 Å². The Bertz CT molecular complexity index is 852. The summed E-state index contributed by atoms with van der Waals surface area (Å²) < 4.78 is 10.1. The monoisotopic (exact) mass is 412 g/mol. The molecule has 2 amide bonds. The largest absolute Gasteiger partial charge is 0.496 e. The number of esters is 1. The van der Waals surface area contributed by atoms with E-state index in [0.29, 0.717) is 17.2 Å². The van der Waals surface area contributed by atoms with E-state index < -0.39 is 24.4 Å². The first-order valence-electron chi connectivity index (χ1n) is 9.81. The standard InChI is InChI=1S/C23H28N2O5/c1-16(2)13-19(17-9-5-4-6-10-17)25-21(26)15-30-22(27)14-24-23(28)18-11-7-8-12-20(18)29-3/h4-12,16,19H,13-15H2,1-3H3,(H,24,28)(H,25,26)/t19-/m0/s1. The summed E-state index contributed by atoms with van der Waals surface area (Å²) in [6.07, 6.45) is 0.763. The SMILES string of the molecule is COc1ccccc1C(=O)NCC(=O)OCC(=O)N[C@@H](CC(C)C)c1ccccc1. The lowest BCUT2D eigenvalue weighted by atomic mass is 9.97. The van der Waals surface area contributed by atoms with Gasteiger partial charge in [0.05, 0.1) is 18.7 Å². The maximum absolute atomic E-state index is 12.3. The first-order valence-corrected chi connectivity index (χ1v) is 9.81. The highest BCUT2D eigenvalue weighted by Crippen LogP contribution is 2.21. The van der Waals surface area contributed by atoms with E-state index in [-0.39, 0.29) is 12.6 Å². The zero-order valence-corrected chi connectivity index (χ0v) is 17.5. The van der Waals surface area contributed by atoms with Crippen molar-refractivity contribution in [3.05, 3.63) is 65.7 Å². The lowest BCUT2D eigenvalue weighted by Gasteiger charge is -2.21. The molecular formula is C23H28N2O5. The predicted octanol–water partition coefficient (Wildman–Crippen LogP) is 2.87. The average Bonchev–Trinajstić information content (AvgIpc) is 2.75. The summed E-state index contributed by atoms with van der Waals surface area (Å²) in [7, 11) is 1.46. The third-order valence-corrected chi connectivity index (χ3v) is 4.35. The molecule has 0 saturated heterocycles. The van der Waals surface area contributed by atoms with Gasteiger partial charge in [0.25, 0.3) is 11.8 Å². The van der Waals surface area contributed by atoms with Crippen molar-refractivity contribution in [3.63, 3.8) is 0 Å². The minimum absolute atomic E-state index is 0.164. The van der Waals surface area contributed by atoms with E-state index in [4.69, 9.17) is 9.47 Å².